The highest BCUT2D eigenvalue weighted by molar-refractivity contribution is 5.59. The van der Waals surface area contributed by atoms with E-state index in [9.17, 15) is 5.11 Å². The van der Waals surface area contributed by atoms with Crippen molar-refractivity contribution in [3.63, 3.8) is 0 Å². The first-order valence-corrected chi connectivity index (χ1v) is 3.32. The summed E-state index contributed by atoms with van der Waals surface area (Å²) in [7, 11) is 1.71. The summed E-state index contributed by atoms with van der Waals surface area (Å²) < 4.78 is 1.56. The Morgan fingerprint density at radius 1 is 1.50 bits per heavy atom. The number of aromatic hydroxyl groups is 1. The van der Waals surface area contributed by atoms with Gasteiger partial charge in [-0.25, -0.2) is 9.97 Å². The van der Waals surface area contributed by atoms with Gasteiger partial charge in [0.1, 0.15) is 6.33 Å². The fourth-order valence-electron chi connectivity index (χ4n) is 1.01. The second-order valence-corrected chi connectivity index (χ2v) is 2.40. The van der Waals surface area contributed by atoms with Gasteiger partial charge in [0.15, 0.2) is 11.5 Å². The molecule has 0 spiro atoms. The van der Waals surface area contributed by atoms with Crippen LogP contribution in [0.25, 0.3) is 11.5 Å². The molecule has 0 fully saturated rings. The molecule has 0 radical (unpaired) electrons. The van der Waals surface area contributed by atoms with E-state index >= 15 is 0 Å². The van der Waals surface area contributed by atoms with Crippen LogP contribution in [0, 0.1) is 0 Å². The van der Waals surface area contributed by atoms with E-state index < -0.39 is 0 Å². The second-order valence-electron chi connectivity index (χ2n) is 2.40. The predicted molar refractivity (Wildman–Crippen MR) is 41.5 cm³/mol. The van der Waals surface area contributed by atoms with Gasteiger partial charge in [0.05, 0.1) is 0 Å². The van der Waals surface area contributed by atoms with Crippen LogP contribution in [0.3, 0.4) is 0 Å². The highest BCUT2D eigenvalue weighted by atomic mass is 16.3. The van der Waals surface area contributed by atoms with Crippen LogP contribution < -0.4 is 5.73 Å². The first-order chi connectivity index (χ1) is 5.70. The molecule has 3 N–H and O–H groups in total. The summed E-state index contributed by atoms with van der Waals surface area (Å²) in [6.07, 6.45) is 1.35. The maximum Gasteiger partial charge on any atom is 0.244 e. The Bertz CT molecular complexity index is 395. The molecule has 0 aromatic heterocycles. The summed E-state index contributed by atoms with van der Waals surface area (Å²) in [5.41, 5.74) is 5.84. The molecular formula is C6H7N5O. The summed E-state index contributed by atoms with van der Waals surface area (Å²) in [5.74, 6) is 0.554. The van der Waals surface area contributed by atoms with Gasteiger partial charge in [-0.15, -0.1) is 0 Å². The van der Waals surface area contributed by atoms with Gasteiger partial charge in [-0.1, -0.05) is 0 Å². The van der Waals surface area contributed by atoms with Crippen molar-refractivity contribution in [3.05, 3.63) is 6.33 Å². The first-order valence-electron chi connectivity index (χ1n) is 3.32. The number of rotatable bonds is 0. The molecular weight excluding hydrogens is 158 g/mol. The Kier molecular flexibility index (Phi) is 1.18. The second kappa shape index (κ2) is 2.07. The van der Waals surface area contributed by atoms with Crippen molar-refractivity contribution < 1.29 is 5.11 Å². The van der Waals surface area contributed by atoms with Crippen molar-refractivity contribution in [2.45, 2.75) is 0 Å². The molecule has 0 amide bonds. The van der Waals surface area contributed by atoms with E-state index in [0.29, 0.717) is 11.5 Å². The molecule has 2 heterocycles. The van der Waals surface area contributed by atoms with E-state index in [1.54, 1.807) is 11.6 Å². The molecule has 0 saturated heterocycles. The fourth-order valence-corrected chi connectivity index (χ4v) is 1.01. The molecule has 0 aromatic carbocycles. The van der Waals surface area contributed by atoms with Crippen molar-refractivity contribution >= 4 is 5.95 Å². The highest BCUT2D eigenvalue weighted by Gasteiger charge is 2.16. The Balaban J connectivity index is 2.86. The molecule has 2 rings (SSSR count). The number of nitrogen functional groups attached to an aromatic ring is 1. The highest BCUT2D eigenvalue weighted by Crippen LogP contribution is 2.25. The van der Waals surface area contributed by atoms with E-state index in [2.05, 4.69) is 15.0 Å². The molecule has 0 saturated carbocycles. The topological polar surface area (TPSA) is 89.9 Å². The summed E-state index contributed by atoms with van der Waals surface area (Å²) >= 11 is 0. The number of hydrogen-bond donors (Lipinski definition) is 2. The van der Waals surface area contributed by atoms with E-state index in [4.69, 9.17) is 5.73 Å². The monoisotopic (exact) mass is 165 g/mol. The summed E-state index contributed by atoms with van der Waals surface area (Å²) in [6.45, 7) is 0. The smallest absolute Gasteiger partial charge is 0.244 e. The number of fused-ring (bicyclic) bond motifs is 1. The lowest BCUT2D eigenvalue weighted by atomic mass is 10.4. The summed E-state index contributed by atoms with van der Waals surface area (Å²) in [4.78, 5) is 11.4. The van der Waals surface area contributed by atoms with Crippen LogP contribution in [0.1, 0.15) is 0 Å². The third-order valence-electron chi connectivity index (χ3n) is 1.67. The molecule has 12 heavy (non-hydrogen) atoms. The Morgan fingerprint density at radius 3 is 3.00 bits per heavy atom. The zero-order chi connectivity index (χ0) is 8.72. The number of anilines is 1. The normalized spacial score (nSPS) is 10.8. The van der Waals surface area contributed by atoms with Crippen LogP contribution in [0.2, 0.25) is 0 Å². The van der Waals surface area contributed by atoms with Gasteiger partial charge in [0.25, 0.3) is 0 Å². The molecule has 2 aliphatic heterocycles. The largest absolute Gasteiger partial charge is 0.492 e. The van der Waals surface area contributed by atoms with Gasteiger partial charge in [-0.2, -0.15) is 4.98 Å². The molecule has 0 aromatic rings. The average molecular weight is 165 g/mol. The number of nitrogens with two attached hydrogens (primary N) is 1. The van der Waals surface area contributed by atoms with Gasteiger partial charge < -0.3 is 10.8 Å². The molecule has 0 atom stereocenters. The van der Waals surface area contributed by atoms with Crippen molar-refractivity contribution in [1.82, 2.24) is 19.5 Å². The van der Waals surface area contributed by atoms with E-state index in [-0.39, 0.29) is 11.8 Å². The van der Waals surface area contributed by atoms with Crippen molar-refractivity contribution in [2.75, 3.05) is 5.73 Å². The van der Waals surface area contributed by atoms with Crippen LogP contribution in [-0.2, 0) is 7.05 Å². The van der Waals surface area contributed by atoms with Crippen molar-refractivity contribution in [1.29, 1.82) is 0 Å². The zero-order valence-corrected chi connectivity index (χ0v) is 6.39. The van der Waals surface area contributed by atoms with Crippen molar-refractivity contribution in [2.24, 2.45) is 7.05 Å². The standard InChI is InChI=1S/C6H7N5O/c1-11-4-3(8-2-9-4)5(12)10-6(11)7/h2,12H,1H3,(H2,7,10). The third-order valence-corrected chi connectivity index (χ3v) is 1.67. The van der Waals surface area contributed by atoms with Gasteiger partial charge >= 0.3 is 0 Å². The predicted octanol–water partition coefficient (Wildman–Crippen LogP) is -0.397. The van der Waals surface area contributed by atoms with Gasteiger partial charge in [0, 0.05) is 7.05 Å². The van der Waals surface area contributed by atoms with Gasteiger partial charge in [-0.05, 0) is 0 Å². The minimum Gasteiger partial charge on any atom is -0.492 e. The third kappa shape index (κ3) is 0.714. The Morgan fingerprint density at radius 2 is 2.25 bits per heavy atom. The van der Waals surface area contributed by atoms with Gasteiger partial charge in [-0.3, -0.25) is 4.57 Å². The lowest BCUT2D eigenvalue weighted by Crippen LogP contribution is -2.07. The molecule has 0 aliphatic carbocycles. The van der Waals surface area contributed by atoms with Crippen LogP contribution in [-0.4, -0.2) is 24.6 Å². The lowest BCUT2D eigenvalue weighted by molar-refractivity contribution is 0.451. The van der Waals surface area contributed by atoms with Gasteiger partial charge in [0.2, 0.25) is 11.8 Å². The molecule has 62 valence electrons. The van der Waals surface area contributed by atoms with E-state index in [0.717, 1.165) is 0 Å². The summed E-state index contributed by atoms with van der Waals surface area (Å²) in [5, 5.41) is 9.26. The minimum absolute atomic E-state index is 0.182. The zero-order valence-electron chi connectivity index (χ0n) is 6.39. The Labute approximate surface area is 68.0 Å². The summed E-state index contributed by atoms with van der Waals surface area (Å²) in [6, 6.07) is 0. The lowest BCUT2D eigenvalue weighted by Gasteiger charge is -2.07. The maximum absolute atomic E-state index is 9.26. The molecule has 2 aliphatic rings. The number of nitrogens with zero attached hydrogens (tertiary/aromatic N) is 4. The molecule has 0 unspecified atom stereocenters. The van der Waals surface area contributed by atoms with E-state index in [1.807, 2.05) is 0 Å². The average Bonchev–Trinajstić information content (AvgIpc) is 2.48. The van der Waals surface area contributed by atoms with Crippen LogP contribution >= 0.6 is 0 Å². The van der Waals surface area contributed by atoms with Crippen LogP contribution in [0.4, 0.5) is 5.95 Å². The number of imidazole rings is 1. The molecule has 0 bridgehead atoms. The number of aromatic nitrogens is 4. The van der Waals surface area contributed by atoms with Crippen molar-refractivity contribution in [3.8, 4) is 17.4 Å². The first kappa shape index (κ1) is 6.84. The van der Waals surface area contributed by atoms with Crippen LogP contribution in [0.5, 0.6) is 5.88 Å². The molecule has 6 nitrogen and oxygen atoms in total. The van der Waals surface area contributed by atoms with Crippen LogP contribution in [0.15, 0.2) is 6.33 Å². The Hall–Kier alpha value is -1.85. The minimum atomic E-state index is -0.182. The molecule has 6 heteroatoms. The fraction of sp³-hybridized carbons (Fsp3) is 0.167. The SMILES string of the molecule is Cn1c(N)nc(O)c2ncnc1-2. The quantitative estimate of drug-likeness (QED) is 0.554. The maximum atomic E-state index is 9.26. The van der Waals surface area contributed by atoms with E-state index in [1.165, 1.54) is 6.33 Å². The number of hydrogen-bond acceptors (Lipinski definition) is 5.